The average molecular weight is 448 g/mol. The fraction of sp³-hybridized carbons (Fsp3) is 0.174. The minimum Gasteiger partial charge on any atom is -0.293 e. The van der Waals surface area contributed by atoms with Crippen molar-refractivity contribution in [2.75, 3.05) is 10.0 Å². The van der Waals surface area contributed by atoms with Gasteiger partial charge in [0.1, 0.15) is 0 Å². The molecule has 8 nitrogen and oxygen atoms in total. The fourth-order valence-corrected chi connectivity index (χ4v) is 4.43. The molecule has 0 bridgehead atoms. The summed E-state index contributed by atoms with van der Waals surface area (Å²) >= 11 is 0. The standard InChI is InChI=1S/C23H21N5O3S/c1-15-5-13-19(14-6-15)32(30,31)27-18-11-9-16(10-12-18)20-3-2-4-21-24-23(26-28(20)21)25-22(29)17-7-8-17/h2-6,9-14,17,27H,7-8H2,1H3,(H,25,26,29). The minimum absolute atomic E-state index is 0.0485. The first-order chi connectivity index (χ1) is 15.4. The molecular weight excluding hydrogens is 426 g/mol. The first kappa shape index (κ1) is 20.2. The van der Waals surface area contributed by atoms with Gasteiger partial charge in [-0.1, -0.05) is 35.9 Å². The van der Waals surface area contributed by atoms with Gasteiger partial charge in [0.25, 0.3) is 10.0 Å². The molecule has 2 aromatic heterocycles. The van der Waals surface area contributed by atoms with E-state index in [1.807, 2.05) is 37.3 Å². The van der Waals surface area contributed by atoms with Crippen molar-refractivity contribution in [3.05, 3.63) is 72.3 Å². The lowest BCUT2D eigenvalue weighted by Crippen LogP contribution is -2.14. The van der Waals surface area contributed by atoms with Crippen molar-refractivity contribution < 1.29 is 13.2 Å². The first-order valence-corrected chi connectivity index (χ1v) is 11.7. The van der Waals surface area contributed by atoms with Crippen molar-refractivity contribution >= 4 is 33.2 Å². The van der Waals surface area contributed by atoms with Crippen molar-refractivity contribution in [3.63, 3.8) is 0 Å². The van der Waals surface area contributed by atoms with Crippen LogP contribution in [-0.2, 0) is 14.8 Å². The summed E-state index contributed by atoms with van der Waals surface area (Å²) in [7, 11) is -3.67. The third-order valence-electron chi connectivity index (χ3n) is 5.31. The Labute approximate surface area is 185 Å². The van der Waals surface area contributed by atoms with Gasteiger partial charge in [-0.3, -0.25) is 14.8 Å². The van der Waals surface area contributed by atoms with E-state index in [0.29, 0.717) is 11.3 Å². The van der Waals surface area contributed by atoms with E-state index in [1.54, 1.807) is 40.9 Å². The highest BCUT2D eigenvalue weighted by molar-refractivity contribution is 7.92. The minimum atomic E-state index is -3.67. The zero-order valence-corrected chi connectivity index (χ0v) is 18.1. The Bertz CT molecular complexity index is 1410. The van der Waals surface area contributed by atoms with Crippen LogP contribution < -0.4 is 10.0 Å². The molecule has 162 valence electrons. The Hall–Kier alpha value is -3.72. The summed E-state index contributed by atoms with van der Waals surface area (Å²) in [6, 6.07) is 19.3. The number of anilines is 2. The molecule has 2 aromatic carbocycles. The Morgan fingerprint density at radius 3 is 2.41 bits per heavy atom. The Morgan fingerprint density at radius 1 is 1.00 bits per heavy atom. The number of nitrogens with zero attached hydrogens (tertiary/aromatic N) is 3. The molecule has 1 aliphatic carbocycles. The highest BCUT2D eigenvalue weighted by atomic mass is 32.2. The molecule has 1 amide bonds. The largest absolute Gasteiger partial charge is 0.293 e. The van der Waals surface area contributed by atoms with Crippen molar-refractivity contribution in [2.45, 2.75) is 24.7 Å². The summed E-state index contributed by atoms with van der Waals surface area (Å²) in [5.74, 6) is 0.293. The van der Waals surface area contributed by atoms with Crippen molar-refractivity contribution in [2.24, 2.45) is 5.92 Å². The van der Waals surface area contributed by atoms with E-state index in [1.165, 1.54) is 0 Å². The molecule has 9 heteroatoms. The highest BCUT2D eigenvalue weighted by Crippen LogP contribution is 2.30. The Kier molecular flexibility index (Phi) is 4.90. The number of carbonyl (C=O) groups is 1. The SMILES string of the molecule is Cc1ccc(S(=O)(=O)Nc2ccc(-c3cccc4nc(NC(=O)C5CC5)nn34)cc2)cc1. The van der Waals surface area contributed by atoms with E-state index in [9.17, 15) is 13.2 Å². The number of benzene rings is 2. The van der Waals surface area contributed by atoms with E-state index in [0.717, 1.165) is 29.7 Å². The topological polar surface area (TPSA) is 105 Å². The number of fused-ring (bicyclic) bond motifs is 1. The molecule has 5 rings (SSSR count). The number of sulfonamides is 1. The summed E-state index contributed by atoms with van der Waals surface area (Å²) in [4.78, 5) is 16.6. The van der Waals surface area contributed by atoms with Gasteiger partial charge in [-0.15, -0.1) is 5.10 Å². The maximum atomic E-state index is 12.6. The molecule has 1 fully saturated rings. The zero-order chi connectivity index (χ0) is 22.3. The molecule has 0 spiro atoms. The van der Waals surface area contributed by atoms with Crippen LogP contribution in [-0.4, -0.2) is 28.9 Å². The third kappa shape index (κ3) is 4.06. The van der Waals surface area contributed by atoms with Gasteiger partial charge in [-0.25, -0.2) is 12.9 Å². The van der Waals surface area contributed by atoms with Crippen molar-refractivity contribution in [3.8, 4) is 11.3 Å². The van der Waals surface area contributed by atoms with Gasteiger partial charge in [0.2, 0.25) is 11.9 Å². The lowest BCUT2D eigenvalue weighted by Gasteiger charge is -2.10. The number of rotatable bonds is 6. The predicted molar refractivity (Wildman–Crippen MR) is 122 cm³/mol. The molecule has 0 unspecified atom stereocenters. The summed E-state index contributed by atoms with van der Waals surface area (Å²) in [5, 5.41) is 7.20. The molecule has 0 radical (unpaired) electrons. The Morgan fingerprint density at radius 2 is 1.72 bits per heavy atom. The average Bonchev–Trinajstić information content (AvgIpc) is 3.54. The van der Waals surface area contributed by atoms with Crippen molar-refractivity contribution in [1.82, 2.24) is 14.6 Å². The second-order valence-corrected chi connectivity index (χ2v) is 9.56. The van der Waals surface area contributed by atoms with Crippen LogP contribution in [0.4, 0.5) is 11.6 Å². The van der Waals surface area contributed by atoms with Gasteiger partial charge >= 0.3 is 0 Å². The second kappa shape index (κ2) is 7.76. The maximum Gasteiger partial charge on any atom is 0.261 e. The zero-order valence-electron chi connectivity index (χ0n) is 17.3. The van der Waals surface area contributed by atoms with Gasteiger partial charge in [0.15, 0.2) is 5.65 Å². The van der Waals surface area contributed by atoms with Gasteiger partial charge in [-0.05, 0) is 56.2 Å². The smallest absolute Gasteiger partial charge is 0.261 e. The van der Waals surface area contributed by atoms with Gasteiger partial charge in [-0.2, -0.15) is 4.98 Å². The number of hydrogen-bond acceptors (Lipinski definition) is 5. The normalized spacial score (nSPS) is 13.8. The van der Waals surface area contributed by atoms with Crippen LogP contribution in [0.25, 0.3) is 16.9 Å². The van der Waals surface area contributed by atoms with E-state index >= 15 is 0 Å². The second-order valence-electron chi connectivity index (χ2n) is 7.88. The molecule has 2 heterocycles. The monoisotopic (exact) mass is 447 g/mol. The number of aryl methyl sites for hydroxylation is 1. The third-order valence-corrected chi connectivity index (χ3v) is 6.70. The number of nitrogens with one attached hydrogen (secondary N) is 2. The summed E-state index contributed by atoms with van der Waals surface area (Å²) in [6.07, 6.45) is 1.81. The van der Waals surface area contributed by atoms with Crippen LogP contribution in [0.15, 0.2) is 71.6 Å². The van der Waals surface area contributed by atoms with Gasteiger partial charge < -0.3 is 0 Å². The molecule has 0 aliphatic heterocycles. The lowest BCUT2D eigenvalue weighted by atomic mass is 10.1. The van der Waals surface area contributed by atoms with Crippen LogP contribution >= 0.6 is 0 Å². The van der Waals surface area contributed by atoms with Crippen LogP contribution in [0.5, 0.6) is 0 Å². The van der Waals surface area contributed by atoms with E-state index < -0.39 is 10.0 Å². The van der Waals surface area contributed by atoms with E-state index in [2.05, 4.69) is 20.1 Å². The number of aromatic nitrogens is 3. The quantitative estimate of drug-likeness (QED) is 0.467. The molecular formula is C23H21N5O3S. The molecule has 1 aliphatic rings. The van der Waals surface area contributed by atoms with Crippen molar-refractivity contribution in [1.29, 1.82) is 0 Å². The van der Waals surface area contributed by atoms with Crippen LogP contribution in [0.1, 0.15) is 18.4 Å². The summed E-state index contributed by atoms with van der Waals surface area (Å²) in [6.45, 7) is 1.90. The molecule has 0 saturated heterocycles. The van der Waals surface area contributed by atoms with E-state index in [-0.39, 0.29) is 22.7 Å². The molecule has 2 N–H and O–H groups in total. The number of amides is 1. The molecule has 32 heavy (non-hydrogen) atoms. The summed E-state index contributed by atoms with van der Waals surface area (Å²) in [5.41, 5.74) is 3.66. The van der Waals surface area contributed by atoms with E-state index in [4.69, 9.17) is 0 Å². The first-order valence-electron chi connectivity index (χ1n) is 10.3. The molecule has 0 atom stereocenters. The highest BCUT2D eigenvalue weighted by Gasteiger charge is 2.30. The number of carbonyl (C=O) groups excluding carboxylic acids is 1. The molecule has 4 aromatic rings. The number of pyridine rings is 1. The summed E-state index contributed by atoms with van der Waals surface area (Å²) < 4.78 is 29.5. The predicted octanol–water partition coefficient (Wildman–Crippen LogP) is 3.85. The van der Waals surface area contributed by atoms with Crippen LogP contribution in [0, 0.1) is 12.8 Å². The molecule has 1 saturated carbocycles. The van der Waals surface area contributed by atoms with Gasteiger partial charge in [0.05, 0.1) is 10.6 Å². The van der Waals surface area contributed by atoms with Crippen LogP contribution in [0.2, 0.25) is 0 Å². The lowest BCUT2D eigenvalue weighted by molar-refractivity contribution is -0.117. The number of hydrogen-bond donors (Lipinski definition) is 2. The maximum absolute atomic E-state index is 12.6. The van der Waals surface area contributed by atoms with Crippen LogP contribution in [0.3, 0.4) is 0 Å². The Balaban J connectivity index is 1.39. The fourth-order valence-electron chi connectivity index (χ4n) is 3.38. The van der Waals surface area contributed by atoms with Gasteiger partial charge in [0, 0.05) is 17.2 Å².